The quantitative estimate of drug-likeness (QED) is 0.843. The number of halogens is 1. The van der Waals surface area contributed by atoms with Gasteiger partial charge in [-0.15, -0.1) is 0 Å². The maximum atomic E-state index is 11.5. The van der Waals surface area contributed by atoms with Crippen molar-refractivity contribution in [3.8, 4) is 0 Å². The average molecular weight is 245 g/mol. The molecule has 3 nitrogen and oxygen atoms in total. The van der Waals surface area contributed by atoms with Crippen molar-refractivity contribution in [3.05, 3.63) is 22.4 Å². The van der Waals surface area contributed by atoms with Gasteiger partial charge in [0.1, 0.15) is 5.69 Å². The highest BCUT2D eigenvalue weighted by atomic mass is 79.9. The lowest BCUT2D eigenvalue weighted by molar-refractivity contribution is 0.0935. The van der Waals surface area contributed by atoms with Gasteiger partial charge in [-0.2, -0.15) is 0 Å². The smallest absolute Gasteiger partial charge is 0.267 e. The van der Waals surface area contributed by atoms with Gasteiger partial charge in [-0.05, 0) is 35.3 Å². The normalized spacial score (nSPS) is 12.5. The zero-order valence-corrected chi connectivity index (χ0v) is 9.31. The first kappa shape index (κ1) is 10.3. The molecule has 0 bridgehead atoms. The zero-order chi connectivity index (χ0) is 9.84. The molecule has 0 aromatic carbocycles. The highest BCUT2D eigenvalue weighted by Gasteiger charge is 2.09. The van der Waals surface area contributed by atoms with Crippen LogP contribution in [0, 0.1) is 0 Å². The Bertz CT molecular complexity index is 296. The fraction of sp³-hybridized carbons (Fsp3) is 0.444. The second-order valence-corrected chi connectivity index (χ2v) is 3.93. The number of amides is 1. The van der Waals surface area contributed by atoms with Gasteiger partial charge >= 0.3 is 0 Å². The Hall–Kier alpha value is -0.770. The molecule has 1 rings (SSSR count). The molecule has 1 unspecified atom stereocenters. The molecule has 0 aliphatic carbocycles. The van der Waals surface area contributed by atoms with Crippen molar-refractivity contribution in [3.63, 3.8) is 0 Å². The predicted molar refractivity (Wildman–Crippen MR) is 55.7 cm³/mol. The molecule has 1 heterocycles. The summed E-state index contributed by atoms with van der Waals surface area (Å²) in [5.74, 6) is -0.0555. The second kappa shape index (κ2) is 4.46. The Morgan fingerprint density at radius 3 is 2.92 bits per heavy atom. The molecule has 0 aliphatic rings. The molecule has 4 heteroatoms. The van der Waals surface area contributed by atoms with Crippen LogP contribution in [0.25, 0.3) is 0 Å². The second-order valence-electron chi connectivity index (χ2n) is 3.01. The van der Waals surface area contributed by atoms with Gasteiger partial charge in [0.15, 0.2) is 0 Å². The van der Waals surface area contributed by atoms with E-state index in [1.54, 1.807) is 12.3 Å². The molecule has 2 N–H and O–H groups in total. The van der Waals surface area contributed by atoms with E-state index in [4.69, 9.17) is 0 Å². The zero-order valence-electron chi connectivity index (χ0n) is 7.73. The van der Waals surface area contributed by atoms with Crippen LogP contribution in [0.1, 0.15) is 30.8 Å². The van der Waals surface area contributed by atoms with Crippen molar-refractivity contribution in [1.29, 1.82) is 0 Å². The summed E-state index contributed by atoms with van der Waals surface area (Å²) >= 11 is 3.27. The first-order valence-electron chi connectivity index (χ1n) is 4.28. The van der Waals surface area contributed by atoms with Gasteiger partial charge in [0.2, 0.25) is 0 Å². The minimum absolute atomic E-state index is 0.0555. The Morgan fingerprint density at radius 1 is 1.77 bits per heavy atom. The molecule has 0 saturated heterocycles. The third-order valence-electron chi connectivity index (χ3n) is 1.88. The van der Waals surface area contributed by atoms with Crippen LogP contribution in [0.3, 0.4) is 0 Å². The minimum atomic E-state index is -0.0555. The molecule has 1 amide bonds. The molecular weight excluding hydrogens is 232 g/mol. The van der Waals surface area contributed by atoms with Crippen LogP contribution >= 0.6 is 15.9 Å². The van der Waals surface area contributed by atoms with E-state index >= 15 is 0 Å². The summed E-state index contributed by atoms with van der Waals surface area (Å²) in [6.07, 6.45) is 2.68. The SMILES string of the molecule is CCC(C)NC(=O)c1cc(Br)c[nH]1. The number of carbonyl (C=O) groups is 1. The van der Waals surface area contributed by atoms with Gasteiger partial charge in [-0.1, -0.05) is 6.92 Å². The first-order valence-corrected chi connectivity index (χ1v) is 5.07. The van der Waals surface area contributed by atoms with Crippen molar-refractivity contribution >= 4 is 21.8 Å². The molecule has 0 radical (unpaired) electrons. The van der Waals surface area contributed by atoms with E-state index < -0.39 is 0 Å². The Morgan fingerprint density at radius 2 is 2.46 bits per heavy atom. The Labute approximate surface area is 86.0 Å². The molecule has 1 atom stereocenters. The average Bonchev–Trinajstić information content (AvgIpc) is 2.51. The lowest BCUT2D eigenvalue weighted by atomic mass is 10.2. The number of aromatic nitrogens is 1. The minimum Gasteiger partial charge on any atom is -0.356 e. The Balaban J connectivity index is 2.58. The molecule has 1 aromatic heterocycles. The van der Waals surface area contributed by atoms with E-state index in [1.807, 2.05) is 13.8 Å². The van der Waals surface area contributed by atoms with E-state index in [1.165, 1.54) is 0 Å². The molecule has 1 aromatic rings. The number of H-pyrrole nitrogens is 1. The molecule has 0 saturated carbocycles. The number of hydrogen-bond acceptors (Lipinski definition) is 1. The summed E-state index contributed by atoms with van der Waals surface area (Å²) in [4.78, 5) is 14.3. The summed E-state index contributed by atoms with van der Waals surface area (Å²) in [7, 11) is 0. The van der Waals surface area contributed by atoms with Crippen molar-refractivity contribution in [2.75, 3.05) is 0 Å². The summed E-state index contributed by atoms with van der Waals surface area (Å²) in [5.41, 5.74) is 0.590. The van der Waals surface area contributed by atoms with Crippen LogP contribution < -0.4 is 5.32 Å². The van der Waals surface area contributed by atoms with Gasteiger partial charge in [-0.3, -0.25) is 4.79 Å². The van der Waals surface area contributed by atoms with Crippen LogP contribution in [0.5, 0.6) is 0 Å². The van der Waals surface area contributed by atoms with Crippen LogP contribution in [0.4, 0.5) is 0 Å². The number of hydrogen-bond donors (Lipinski definition) is 2. The standard InChI is InChI=1S/C9H13BrN2O/c1-3-6(2)12-9(13)8-4-7(10)5-11-8/h4-6,11H,3H2,1-2H3,(H,12,13). The largest absolute Gasteiger partial charge is 0.356 e. The van der Waals surface area contributed by atoms with E-state index in [0.717, 1.165) is 10.9 Å². The molecule has 72 valence electrons. The number of carbonyl (C=O) groups excluding carboxylic acids is 1. The molecule has 13 heavy (non-hydrogen) atoms. The molecular formula is C9H13BrN2O. The maximum absolute atomic E-state index is 11.5. The van der Waals surface area contributed by atoms with Crippen LogP contribution in [0.2, 0.25) is 0 Å². The fourth-order valence-electron chi connectivity index (χ4n) is 0.903. The van der Waals surface area contributed by atoms with E-state index in [-0.39, 0.29) is 11.9 Å². The molecule has 0 aliphatic heterocycles. The number of rotatable bonds is 3. The Kier molecular flexibility index (Phi) is 3.54. The van der Waals surface area contributed by atoms with Crippen molar-refractivity contribution < 1.29 is 4.79 Å². The van der Waals surface area contributed by atoms with Crippen LogP contribution in [-0.4, -0.2) is 16.9 Å². The highest BCUT2D eigenvalue weighted by Crippen LogP contribution is 2.10. The van der Waals surface area contributed by atoms with Crippen LogP contribution in [0.15, 0.2) is 16.7 Å². The molecule has 0 spiro atoms. The van der Waals surface area contributed by atoms with Gasteiger partial charge in [-0.25, -0.2) is 0 Å². The van der Waals surface area contributed by atoms with Crippen molar-refractivity contribution in [2.24, 2.45) is 0 Å². The monoisotopic (exact) mass is 244 g/mol. The number of aromatic amines is 1. The van der Waals surface area contributed by atoms with Crippen molar-refractivity contribution in [1.82, 2.24) is 10.3 Å². The lowest BCUT2D eigenvalue weighted by Crippen LogP contribution is -2.32. The van der Waals surface area contributed by atoms with Gasteiger partial charge in [0, 0.05) is 16.7 Å². The highest BCUT2D eigenvalue weighted by molar-refractivity contribution is 9.10. The third kappa shape index (κ3) is 2.88. The van der Waals surface area contributed by atoms with Gasteiger partial charge in [0.05, 0.1) is 0 Å². The van der Waals surface area contributed by atoms with E-state index in [2.05, 4.69) is 26.2 Å². The predicted octanol–water partition coefficient (Wildman–Crippen LogP) is 2.31. The molecule has 0 fully saturated rings. The summed E-state index contributed by atoms with van der Waals surface area (Å²) in [5, 5.41) is 2.87. The van der Waals surface area contributed by atoms with Gasteiger partial charge in [0.25, 0.3) is 5.91 Å². The van der Waals surface area contributed by atoms with Crippen molar-refractivity contribution in [2.45, 2.75) is 26.3 Å². The third-order valence-corrected chi connectivity index (χ3v) is 2.34. The lowest BCUT2D eigenvalue weighted by Gasteiger charge is -2.09. The van der Waals surface area contributed by atoms with Crippen LogP contribution in [-0.2, 0) is 0 Å². The van der Waals surface area contributed by atoms with E-state index in [0.29, 0.717) is 5.69 Å². The topological polar surface area (TPSA) is 44.9 Å². The number of nitrogens with one attached hydrogen (secondary N) is 2. The van der Waals surface area contributed by atoms with Gasteiger partial charge < -0.3 is 10.3 Å². The fourth-order valence-corrected chi connectivity index (χ4v) is 1.25. The first-order chi connectivity index (χ1) is 6.13. The maximum Gasteiger partial charge on any atom is 0.267 e. The van der Waals surface area contributed by atoms with E-state index in [9.17, 15) is 4.79 Å². The summed E-state index contributed by atoms with van der Waals surface area (Å²) in [6.45, 7) is 4.02. The summed E-state index contributed by atoms with van der Waals surface area (Å²) in [6, 6.07) is 1.98. The summed E-state index contributed by atoms with van der Waals surface area (Å²) < 4.78 is 0.891.